The highest BCUT2D eigenvalue weighted by Crippen LogP contribution is 2.41. The van der Waals surface area contributed by atoms with Gasteiger partial charge in [0.15, 0.2) is 11.5 Å². The zero-order chi connectivity index (χ0) is 31.6. The molecule has 1 aliphatic rings. The van der Waals surface area contributed by atoms with Crippen LogP contribution in [0.4, 0.5) is 0 Å². The van der Waals surface area contributed by atoms with Crippen LogP contribution in [0.25, 0.3) is 0 Å². The van der Waals surface area contributed by atoms with Gasteiger partial charge in [0, 0.05) is 30.5 Å². The minimum absolute atomic E-state index is 0.0186. The fourth-order valence-electron chi connectivity index (χ4n) is 5.00. The molecule has 0 saturated heterocycles. The van der Waals surface area contributed by atoms with Gasteiger partial charge in [0.05, 0.1) is 19.3 Å². The third kappa shape index (κ3) is 8.42. The Kier molecular flexibility index (Phi) is 10.7. The quantitative estimate of drug-likeness (QED) is 0.137. The lowest BCUT2D eigenvalue weighted by Crippen LogP contribution is -2.56. The first-order chi connectivity index (χ1) is 21.8. The Morgan fingerprint density at radius 1 is 0.778 bits per heavy atom. The Bertz CT molecular complexity index is 1520. The normalized spacial score (nSPS) is 14.4. The second kappa shape index (κ2) is 15.1. The smallest absolute Gasteiger partial charge is 0.453 e. The molecule has 4 aromatic rings. The molecule has 1 aliphatic heterocycles. The highest BCUT2D eigenvalue weighted by molar-refractivity contribution is 6.30. The maximum absolute atomic E-state index is 13.4. The van der Waals surface area contributed by atoms with Crippen molar-refractivity contribution in [1.29, 1.82) is 0 Å². The number of hydrogen-bond donors (Lipinski definition) is 2. The number of nitrogens with one attached hydrogen (secondary N) is 1. The molecule has 8 nitrogen and oxygen atoms in total. The van der Waals surface area contributed by atoms with E-state index in [-0.39, 0.29) is 30.8 Å². The van der Waals surface area contributed by atoms with Crippen LogP contribution in [0, 0.1) is 0 Å². The van der Waals surface area contributed by atoms with Gasteiger partial charge in [-0.05, 0) is 59.9 Å². The van der Waals surface area contributed by atoms with Gasteiger partial charge in [-0.2, -0.15) is 0 Å². The van der Waals surface area contributed by atoms with Gasteiger partial charge in [-0.3, -0.25) is 0 Å². The average Bonchev–Trinajstić information content (AvgIpc) is 3.45. The number of aliphatic hydroxyl groups is 1. The van der Waals surface area contributed by atoms with Crippen molar-refractivity contribution in [3.05, 3.63) is 130 Å². The van der Waals surface area contributed by atoms with Crippen LogP contribution in [-0.4, -0.2) is 48.6 Å². The molecule has 2 atom stereocenters. The van der Waals surface area contributed by atoms with Crippen molar-refractivity contribution in [2.24, 2.45) is 0 Å². The van der Waals surface area contributed by atoms with Crippen molar-refractivity contribution in [1.82, 2.24) is 5.32 Å². The number of carbonyl (C=O) groups is 2. The minimum Gasteiger partial charge on any atom is -0.459 e. The number of ether oxygens (including phenoxy) is 4. The van der Waals surface area contributed by atoms with E-state index >= 15 is 0 Å². The van der Waals surface area contributed by atoms with Crippen LogP contribution in [0.2, 0.25) is 5.02 Å². The molecule has 0 bridgehead atoms. The van der Waals surface area contributed by atoms with E-state index in [2.05, 4.69) is 5.32 Å². The summed E-state index contributed by atoms with van der Waals surface area (Å²) in [4.78, 5) is 26.9. The summed E-state index contributed by atoms with van der Waals surface area (Å²) in [6, 6.07) is 31.5. The average molecular weight is 630 g/mol. The number of benzene rings is 4. The summed E-state index contributed by atoms with van der Waals surface area (Å²) in [5, 5.41) is 14.5. The molecular formula is C36H36ClNO7. The molecule has 4 aromatic carbocycles. The lowest BCUT2D eigenvalue weighted by Gasteiger charge is -2.23. The van der Waals surface area contributed by atoms with Crippen LogP contribution < -0.4 is 14.8 Å². The first kappa shape index (κ1) is 32.0. The van der Waals surface area contributed by atoms with Gasteiger partial charge in [0.2, 0.25) is 0 Å². The lowest BCUT2D eigenvalue weighted by atomic mass is 10.1. The molecule has 9 heteroatoms. The molecule has 0 aliphatic carbocycles. The van der Waals surface area contributed by atoms with Crippen LogP contribution in [0.1, 0.15) is 35.3 Å². The molecule has 1 heterocycles. The Morgan fingerprint density at radius 3 is 1.98 bits per heavy atom. The van der Waals surface area contributed by atoms with Crippen LogP contribution in [0.3, 0.4) is 0 Å². The van der Waals surface area contributed by atoms with Gasteiger partial charge in [-0.25, -0.2) is 9.59 Å². The van der Waals surface area contributed by atoms with Crippen molar-refractivity contribution in [2.45, 2.75) is 44.1 Å². The molecule has 0 radical (unpaired) electrons. The Morgan fingerprint density at radius 2 is 1.38 bits per heavy atom. The van der Waals surface area contributed by atoms with Crippen LogP contribution in [0.15, 0.2) is 103 Å². The Labute approximate surface area is 267 Å². The van der Waals surface area contributed by atoms with E-state index in [1.54, 1.807) is 30.3 Å². The summed E-state index contributed by atoms with van der Waals surface area (Å²) in [5.74, 6) is -3.91. The molecule has 5 rings (SSSR count). The van der Waals surface area contributed by atoms with Crippen molar-refractivity contribution in [3.8, 4) is 11.5 Å². The first-order valence-electron chi connectivity index (χ1n) is 14.9. The molecule has 0 aromatic heterocycles. The predicted octanol–water partition coefficient (Wildman–Crippen LogP) is 5.63. The van der Waals surface area contributed by atoms with E-state index in [9.17, 15) is 14.7 Å². The topological polar surface area (TPSA) is 103 Å². The fourth-order valence-corrected chi connectivity index (χ4v) is 5.20. The number of rotatable bonds is 14. The van der Waals surface area contributed by atoms with E-state index in [4.69, 9.17) is 30.5 Å². The minimum atomic E-state index is -2.42. The maximum atomic E-state index is 13.4. The number of esters is 2. The monoisotopic (exact) mass is 629 g/mol. The lowest BCUT2D eigenvalue weighted by molar-refractivity contribution is -0.202. The summed E-state index contributed by atoms with van der Waals surface area (Å²) < 4.78 is 22.9. The van der Waals surface area contributed by atoms with E-state index in [0.29, 0.717) is 30.8 Å². The highest BCUT2D eigenvalue weighted by Gasteiger charge is 2.59. The molecule has 0 saturated carbocycles. The Balaban J connectivity index is 1.23. The van der Waals surface area contributed by atoms with Gasteiger partial charge < -0.3 is 29.4 Å². The number of hydrogen-bond acceptors (Lipinski definition) is 8. The molecule has 0 spiro atoms. The first-order valence-corrected chi connectivity index (χ1v) is 15.3. The van der Waals surface area contributed by atoms with E-state index in [1.165, 1.54) is 0 Å². The number of fused-ring (bicyclic) bond motifs is 1. The maximum Gasteiger partial charge on any atom is 0.453 e. The number of aliphatic hydroxyl groups excluding tert-OH is 1. The largest absolute Gasteiger partial charge is 0.459 e. The van der Waals surface area contributed by atoms with Crippen molar-refractivity contribution >= 4 is 23.5 Å². The highest BCUT2D eigenvalue weighted by atomic mass is 35.5. The molecule has 0 amide bonds. The van der Waals surface area contributed by atoms with Crippen LogP contribution >= 0.6 is 11.6 Å². The molecule has 2 N–H and O–H groups in total. The van der Waals surface area contributed by atoms with Gasteiger partial charge in [0.25, 0.3) is 0 Å². The van der Waals surface area contributed by atoms with Crippen LogP contribution in [-0.2, 0) is 38.3 Å². The van der Waals surface area contributed by atoms with Crippen molar-refractivity contribution in [3.63, 3.8) is 0 Å². The van der Waals surface area contributed by atoms with E-state index < -0.39 is 23.8 Å². The fraction of sp³-hybridized carbons (Fsp3) is 0.278. The molecule has 45 heavy (non-hydrogen) atoms. The van der Waals surface area contributed by atoms with Crippen molar-refractivity contribution < 1.29 is 33.6 Å². The predicted molar refractivity (Wildman–Crippen MR) is 170 cm³/mol. The SMILES string of the molecule is C[C@H](Cc1ccc2c(c1)OC(C(=O)OCCc1ccccc1)(C(=O)OCCc1ccccc1)O2)NC[C@H](O)c1cccc(Cl)c1. The summed E-state index contributed by atoms with van der Waals surface area (Å²) in [6.07, 6.45) is 0.776. The summed E-state index contributed by atoms with van der Waals surface area (Å²) in [6.45, 7) is 2.38. The van der Waals surface area contributed by atoms with Gasteiger partial charge in [-0.1, -0.05) is 90.5 Å². The van der Waals surface area contributed by atoms with E-state index in [1.807, 2.05) is 79.7 Å². The standard InChI is InChI=1S/C36H36ClNO7/c1-25(38-24-31(39)29-13-8-14-30(37)23-29)21-28-15-16-32-33(22-28)45-36(44-32,34(40)42-19-17-26-9-4-2-5-10-26)35(41)43-20-18-27-11-6-3-7-12-27/h2-16,22-23,25,31,38-39H,17-21,24H2,1H3/t25-,31+/m1/s1. The van der Waals surface area contributed by atoms with Gasteiger partial charge in [-0.15, -0.1) is 0 Å². The third-order valence-corrected chi connectivity index (χ3v) is 7.66. The molecule has 0 unspecified atom stereocenters. The van der Waals surface area contributed by atoms with Gasteiger partial charge >= 0.3 is 17.7 Å². The molecule has 0 fully saturated rings. The van der Waals surface area contributed by atoms with Crippen LogP contribution in [0.5, 0.6) is 11.5 Å². The van der Waals surface area contributed by atoms with Crippen molar-refractivity contribution in [2.75, 3.05) is 19.8 Å². The Hall–Kier alpha value is -4.37. The third-order valence-electron chi connectivity index (χ3n) is 7.42. The molecular weight excluding hydrogens is 594 g/mol. The summed E-state index contributed by atoms with van der Waals surface area (Å²) in [5.41, 5.74) is 3.57. The number of halogens is 1. The second-order valence-corrected chi connectivity index (χ2v) is 11.4. The molecule has 234 valence electrons. The zero-order valence-corrected chi connectivity index (χ0v) is 25.7. The van der Waals surface area contributed by atoms with Gasteiger partial charge in [0.1, 0.15) is 0 Å². The summed E-state index contributed by atoms with van der Waals surface area (Å²) in [7, 11) is 0. The number of carbonyl (C=O) groups excluding carboxylic acids is 2. The zero-order valence-electron chi connectivity index (χ0n) is 25.0. The van der Waals surface area contributed by atoms with E-state index in [0.717, 1.165) is 22.3 Å². The second-order valence-electron chi connectivity index (χ2n) is 10.9. The summed E-state index contributed by atoms with van der Waals surface area (Å²) >= 11 is 6.05.